The van der Waals surface area contributed by atoms with Gasteiger partial charge in [-0.15, -0.1) is 0 Å². The van der Waals surface area contributed by atoms with Crippen LogP contribution in [-0.2, 0) is 7.05 Å². The maximum atomic E-state index is 9.75. The van der Waals surface area contributed by atoms with Crippen LogP contribution in [0.1, 0.15) is 0 Å². The van der Waals surface area contributed by atoms with E-state index >= 15 is 0 Å². The summed E-state index contributed by atoms with van der Waals surface area (Å²) < 4.78 is 40.9. The van der Waals surface area contributed by atoms with Gasteiger partial charge in [0.05, 0.1) is 7.05 Å². The predicted molar refractivity (Wildman–Crippen MR) is 32.2 cm³/mol. The number of rotatable bonds is 0. The van der Waals surface area contributed by atoms with Crippen molar-refractivity contribution in [2.24, 2.45) is 7.05 Å². The number of hydrogen-bond acceptors (Lipinski definition) is 0. The lowest BCUT2D eigenvalue weighted by atomic mass is 10.3. The molecular weight excluding hydrogens is 243 g/mol. The van der Waals surface area contributed by atoms with E-state index in [9.17, 15) is 17.3 Å². The molecule has 1 heterocycles. The number of halogens is 5. The normalized spacial score (nSPS) is 9.42. The molecule has 0 atom stereocenters. The monoisotopic (exact) mass is 249 g/mol. The van der Waals surface area contributed by atoms with Crippen molar-refractivity contribution in [3.8, 4) is 0 Å². The van der Waals surface area contributed by atoms with E-state index in [1.54, 1.807) is 0 Å². The predicted octanol–water partition coefficient (Wildman–Crippen LogP) is -1.86. The molecule has 0 unspecified atom stereocenters. The van der Waals surface area contributed by atoms with Crippen LogP contribution in [0.2, 0.25) is 0 Å². The molecule has 0 saturated heterocycles. The van der Waals surface area contributed by atoms with Crippen molar-refractivity contribution in [3.63, 3.8) is 0 Å². The number of nitrogens with zero attached hydrogens (tertiary/aromatic N) is 1. The topological polar surface area (TPSA) is 19.1 Å². The second-order valence-electron chi connectivity index (χ2n) is 1.77. The van der Waals surface area contributed by atoms with Crippen molar-refractivity contribution in [1.29, 1.82) is 0 Å². The number of imidazole rings is 1. The van der Waals surface area contributed by atoms with E-state index in [0.29, 0.717) is 0 Å². The van der Waals surface area contributed by atoms with E-state index in [4.69, 9.17) is 0 Å². The maximum absolute atomic E-state index is 9.75. The molecule has 0 aromatic carbocycles. The molecule has 1 aromatic heterocycles. The van der Waals surface area contributed by atoms with E-state index < -0.39 is 7.25 Å². The fraction of sp³-hybridized carbons (Fsp3) is 0.250. The van der Waals surface area contributed by atoms with Crippen molar-refractivity contribution in [3.05, 3.63) is 18.7 Å². The van der Waals surface area contributed by atoms with Gasteiger partial charge in [0.1, 0.15) is 12.4 Å². The lowest BCUT2D eigenvalue weighted by Gasteiger charge is -1.94. The highest BCUT2D eigenvalue weighted by Gasteiger charge is 2.20. The molecule has 1 aromatic rings. The first-order valence-electron chi connectivity index (χ1n) is 2.75. The summed E-state index contributed by atoms with van der Waals surface area (Å²) in [6.07, 6.45) is 5.69. The minimum absolute atomic E-state index is 0. The number of aromatic nitrogens is 2. The number of nitrogens with one attached hydrogen (secondary N) is 1. The van der Waals surface area contributed by atoms with Crippen molar-refractivity contribution in [1.82, 2.24) is 4.57 Å². The summed E-state index contributed by atoms with van der Waals surface area (Å²) >= 11 is 0. The molecule has 0 fully saturated rings. The van der Waals surface area contributed by atoms with Gasteiger partial charge in [-0.05, 0) is 0 Å². The van der Waals surface area contributed by atoms with Crippen LogP contribution in [0, 0.1) is 0 Å². The van der Waals surface area contributed by atoms with Gasteiger partial charge in [-0.1, -0.05) is 0 Å². The zero-order valence-corrected chi connectivity index (χ0v) is 7.73. The molecule has 0 bridgehead atoms. The molecule has 0 spiro atoms. The zero-order chi connectivity index (χ0) is 8.91. The Bertz CT molecular complexity index is 181. The molecule has 0 aliphatic carbocycles. The van der Waals surface area contributed by atoms with Crippen LogP contribution < -0.4 is 22.0 Å². The SMILES string of the molecule is Cn1cc[nH+]c1.F[B-](F)(F)F.[Br-]. The first kappa shape index (κ1) is 14.0. The van der Waals surface area contributed by atoms with E-state index in [-0.39, 0.29) is 17.0 Å². The molecule has 0 radical (unpaired) electrons. The van der Waals surface area contributed by atoms with Crippen LogP contribution >= 0.6 is 0 Å². The zero-order valence-electron chi connectivity index (χ0n) is 6.15. The third-order valence-corrected chi connectivity index (χ3v) is 0.684. The highest BCUT2D eigenvalue weighted by atomic mass is 79.9. The third kappa shape index (κ3) is 16.2. The van der Waals surface area contributed by atoms with Gasteiger partial charge >= 0.3 is 7.25 Å². The third-order valence-electron chi connectivity index (χ3n) is 0.684. The van der Waals surface area contributed by atoms with Crippen molar-refractivity contribution in [2.75, 3.05) is 0 Å². The number of hydrogen-bond donors (Lipinski definition) is 0. The van der Waals surface area contributed by atoms with Gasteiger partial charge in [0.15, 0.2) is 0 Å². The first-order valence-corrected chi connectivity index (χ1v) is 2.75. The summed E-state index contributed by atoms with van der Waals surface area (Å²) in [5.74, 6) is 0. The standard InChI is InChI=1S/C4H6N2.BF4.BrH/c1-6-3-2-5-4-6;2-1(3,4)5;/h2-4H,1H3;;1H/q;-1;. The minimum atomic E-state index is -6.00. The van der Waals surface area contributed by atoms with Crippen LogP contribution in [0.5, 0.6) is 0 Å². The Kier molecular flexibility index (Phi) is 7.06. The number of H-pyrrole nitrogens is 1. The second kappa shape index (κ2) is 6.04. The van der Waals surface area contributed by atoms with E-state index in [0.717, 1.165) is 0 Å². The maximum Gasteiger partial charge on any atom is 0.673 e. The Morgan fingerprint density at radius 2 is 1.67 bits per heavy atom. The van der Waals surface area contributed by atoms with Crippen LogP contribution in [0.3, 0.4) is 0 Å². The van der Waals surface area contributed by atoms with Crippen molar-refractivity contribution < 1.29 is 39.2 Å². The van der Waals surface area contributed by atoms with Crippen LogP contribution in [0.25, 0.3) is 0 Å². The lowest BCUT2D eigenvalue weighted by molar-refractivity contribution is -0.377. The Labute approximate surface area is 77.5 Å². The largest absolute Gasteiger partial charge is 1.00 e. The van der Waals surface area contributed by atoms with Crippen molar-refractivity contribution in [2.45, 2.75) is 0 Å². The van der Waals surface area contributed by atoms with Gasteiger partial charge in [0, 0.05) is 0 Å². The summed E-state index contributed by atoms with van der Waals surface area (Å²) in [7, 11) is -4.03. The smallest absolute Gasteiger partial charge is 0.673 e. The molecular formula is C4H7BBrF4N2-. The summed E-state index contributed by atoms with van der Waals surface area (Å²) in [4.78, 5) is 2.89. The average molecular weight is 250 g/mol. The molecule has 72 valence electrons. The van der Waals surface area contributed by atoms with Gasteiger partial charge in [0.2, 0.25) is 6.33 Å². The van der Waals surface area contributed by atoms with Gasteiger partial charge in [-0.3, -0.25) is 4.98 Å². The van der Waals surface area contributed by atoms with Crippen molar-refractivity contribution >= 4 is 7.25 Å². The van der Waals surface area contributed by atoms with Gasteiger partial charge in [-0.25, -0.2) is 4.57 Å². The van der Waals surface area contributed by atoms with Crippen LogP contribution in [0.4, 0.5) is 17.3 Å². The Morgan fingerprint density at radius 3 is 1.75 bits per heavy atom. The minimum Gasteiger partial charge on any atom is -1.00 e. The van der Waals surface area contributed by atoms with Gasteiger partial charge in [0.25, 0.3) is 0 Å². The molecule has 8 heteroatoms. The Hall–Kier alpha value is -0.525. The molecule has 0 amide bonds. The molecule has 2 nitrogen and oxygen atoms in total. The molecule has 1 N–H and O–H groups in total. The molecule has 0 aliphatic heterocycles. The Balaban J connectivity index is 0. The molecule has 12 heavy (non-hydrogen) atoms. The highest BCUT2D eigenvalue weighted by Crippen LogP contribution is 2.06. The quantitative estimate of drug-likeness (QED) is 0.380. The summed E-state index contributed by atoms with van der Waals surface area (Å²) in [5, 5.41) is 0. The number of aryl methyl sites for hydroxylation is 1. The Morgan fingerprint density at radius 1 is 1.25 bits per heavy atom. The second-order valence-corrected chi connectivity index (χ2v) is 1.77. The fourth-order valence-electron chi connectivity index (χ4n) is 0.364. The molecule has 0 aliphatic rings. The van der Waals surface area contributed by atoms with E-state index in [1.165, 1.54) is 0 Å². The summed E-state index contributed by atoms with van der Waals surface area (Å²) in [6.45, 7) is 0. The molecule has 1 rings (SSSR count). The van der Waals surface area contributed by atoms with E-state index in [2.05, 4.69) is 4.98 Å². The average Bonchev–Trinajstić information content (AvgIpc) is 2.12. The van der Waals surface area contributed by atoms with Crippen LogP contribution in [0.15, 0.2) is 18.7 Å². The number of aromatic amines is 1. The van der Waals surface area contributed by atoms with Gasteiger partial charge < -0.3 is 34.2 Å². The van der Waals surface area contributed by atoms with E-state index in [1.807, 2.05) is 30.3 Å². The lowest BCUT2D eigenvalue weighted by Crippen LogP contribution is -3.00. The van der Waals surface area contributed by atoms with Gasteiger partial charge in [-0.2, -0.15) is 0 Å². The fourth-order valence-corrected chi connectivity index (χ4v) is 0.364. The summed E-state index contributed by atoms with van der Waals surface area (Å²) in [5.41, 5.74) is 0. The first-order chi connectivity index (χ1) is 4.89. The van der Waals surface area contributed by atoms with Crippen LogP contribution in [-0.4, -0.2) is 11.8 Å². The highest BCUT2D eigenvalue weighted by molar-refractivity contribution is 6.50. The summed E-state index contributed by atoms with van der Waals surface area (Å²) in [6, 6.07) is 0. The molecule has 0 saturated carbocycles.